The molecule has 3 atom stereocenters. The van der Waals surface area contributed by atoms with E-state index in [4.69, 9.17) is 4.98 Å². The third-order valence-corrected chi connectivity index (χ3v) is 4.51. The van der Waals surface area contributed by atoms with Crippen LogP contribution in [0.15, 0.2) is 30.3 Å². The molecule has 1 aromatic carbocycles. The zero-order chi connectivity index (χ0) is 14.2. The standard InChI is InChI=1S/C16H21N5/c1-11-10-21(8-7-17-11)16-18-15(19-20-16)14-9-13(14)12-5-3-2-4-6-12/h2-6,11,13-14,17H,7-10H2,1H3,(H,18,19,20)/t11-,13?,14?/m0/s1. The van der Waals surface area contributed by atoms with Crippen LogP contribution in [0.3, 0.4) is 0 Å². The van der Waals surface area contributed by atoms with Crippen molar-refractivity contribution >= 4 is 5.95 Å². The number of anilines is 1. The third-order valence-electron chi connectivity index (χ3n) is 4.51. The fourth-order valence-electron chi connectivity index (χ4n) is 3.25. The van der Waals surface area contributed by atoms with E-state index in [2.05, 4.69) is 57.7 Å². The Morgan fingerprint density at radius 2 is 2.05 bits per heavy atom. The quantitative estimate of drug-likeness (QED) is 0.903. The minimum Gasteiger partial charge on any atom is -0.337 e. The van der Waals surface area contributed by atoms with Crippen molar-refractivity contribution in [2.75, 3.05) is 24.5 Å². The van der Waals surface area contributed by atoms with Gasteiger partial charge < -0.3 is 10.2 Å². The number of benzene rings is 1. The highest BCUT2D eigenvalue weighted by molar-refractivity contribution is 5.35. The van der Waals surface area contributed by atoms with Crippen LogP contribution in [0.1, 0.15) is 36.6 Å². The summed E-state index contributed by atoms with van der Waals surface area (Å²) in [6.07, 6.45) is 1.18. The summed E-state index contributed by atoms with van der Waals surface area (Å²) in [6, 6.07) is 11.2. The Morgan fingerprint density at radius 3 is 2.86 bits per heavy atom. The number of nitrogens with one attached hydrogen (secondary N) is 2. The summed E-state index contributed by atoms with van der Waals surface area (Å²) in [5.41, 5.74) is 1.41. The summed E-state index contributed by atoms with van der Waals surface area (Å²) in [5, 5.41) is 11.0. The van der Waals surface area contributed by atoms with Gasteiger partial charge in [0.2, 0.25) is 5.95 Å². The molecule has 2 heterocycles. The Balaban J connectivity index is 1.46. The maximum Gasteiger partial charge on any atom is 0.244 e. The lowest BCUT2D eigenvalue weighted by Crippen LogP contribution is -2.49. The summed E-state index contributed by atoms with van der Waals surface area (Å²) in [7, 11) is 0. The van der Waals surface area contributed by atoms with E-state index in [1.165, 1.54) is 12.0 Å². The number of aromatic nitrogens is 3. The summed E-state index contributed by atoms with van der Waals surface area (Å²) >= 11 is 0. The van der Waals surface area contributed by atoms with E-state index in [1.807, 2.05) is 0 Å². The van der Waals surface area contributed by atoms with Crippen LogP contribution < -0.4 is 10.2 Å². The van der Waals surface area contributed by atoms with Gasteiger partial charge in [-0.2, -0.15) is 4.98 Å². The summed E-state index contributed by atoms with van der Waals surface area (Å²) in [5.74, 6) is 3.02. The normalized spacial score (nSPS) is 28.6. The molecule has 1 aromatic heterocycles. The van der Waals surface area contributed by atoms with Crippen LogP contribution in [0.25, 0.3) is 0 Å². The second-order valence-electron chi connectivity index (χ2n) is 6.18. The van der Waals surface area contributed by atoms with Crippen LogP contribution in [0.5, 0.6) is 0 Å². The molecular formula is C16H21N5. The summed E-state index contributed by atoms with van der Waals surface area (Å²) in [6.45, 7) is 5.16. The number of hydrogen-bond donors (Lipinski definition) is 2. The Hall–Kier alpha value is -1.88. The largest absolute Gasteiger partial charge is 0.337 e. The van der Waals surface area contributed by atoms with Gasteiger partial charge in [0, 0.05) is 31.6 Å². The molecule has 21 heavy (non-hydrogen) atoms. The molecule has 1 aliphatic carbocycles. The van der Waals surface area contributed by atoms with Crippen LogP contribution in [0.2, 0.25) is 0 Å². The number of aromatic amines is 1. The average Bonchev–Trinajstić information content (AvgIpc) is 3.17. The van der Waals surface area contributed by atoms with E-state index in [0.29, 0.717) is 17.9 Å². The number of hydrogen-bond acceptors (Lipinski definition) is 4. The Kier molecular flexibility index (Phi) is 3.15. The van der Waals surface area contributed by atoms with Gasteiger partial charge >= 0.3 is 0 Å². The van der Waals surface area contributed by atoms with Gasteiger partial charge in [0.05, 0.1) is 0 Å². The van der Waals surface area contributed by atoms with Crippen molar-refractivity contribution in [3.8, 4) is 0 Å². The molecule has 1 saturated heterocycles. The molecule has 110 valence electrons. The van der Waals surface area contributed by atoms with Crippen LogP contribution in [-0.2, 0) is 0 Å². The van der Waals surface area contributed by atoms with Crippen molar-refractivity contribution in [2.45, 2.75) is 31.2 Å². The molecule has 0 radical (unpaired) electrons. The number of piperazine rings is 1. The highest BCUT2D eigenvalue weighted by Gasteiger charge is 2.42. The maximum absolute atomic E-state index is 4.74. The van der Waals surface area contributed by atoms with Crippen molar-refractivity contribution < 1.29 is 0 Å². The predicted molar refractivity (Wildman–Crippen MR) is 82.6 cm³/mol. The topological polar surface area (TPSA) is 56.8 Å². The zero-order valence-electron chi connectivity index (χ0n) is 12.3. The van der Waals surface area contributed by atoms with Gasteiger partial charge in [-0.25, -0.2) is 0 Å². The van der Waals surface area contributed by atoms with E-state index < -0.39 is 0 Å². The van der Waals surface area contributed by atoms with Gasteiger partial charge in [-0.05, 0) is 24.8 Å². The predicted octanol–water partition coefficient (Wildman–Crippen LogP) is 1.87. The molecule has 2 aliphatic rings. The highest BCUT2D eigenvalue weighted by Crippen LogP contribution is 2.53. The van der Waals surface area contributed by atoms with Gasteiger partial charge in [0.25, 0.3) is 0 Å². The van der Waals surface area contributed by atoms with Crippen molar-refractivity contribution in [3.05, 3.63) is 41.7 Å². The van der Waals surface area contributed by atoms with E-state index in [9.17, 15) is 0 Å². The second-order valence-corrected chi connectivity index (χ2v) is 6.18. The first-order valence-corrected chi connectivity index (χ1v) is 7.77. The Morgan fingerprint density at radius 1 is 1.19 bits per heavy atom. The van der Waals surface area contributed by atoms with Crippen LogP contribution in [-0.4, -0.2) is 40.9 Å². The summed E-state index contributed by atoms with van der Waals surface area (Å²) < 4.78 is 0. The molecule has 4 rings (SSSR count). The van der Waals surface area contributed by atoms with Gasteiger partial charge in [0.15, 0.2) is 0 Å². The molecule has 0 spiro atoms. The van der Waals surface area contributed by atoms with Crippen molar-refractivity contribution in [2.24, 2.45) is 0 Å². The molecule has 0 amide bonds. The summed E-state index contributed by atoms with van der Waals surface area (Å²) in [4.78, 5) is 7.00. The molecule has 1 aliphatic heterocycles. The highest BCUT2D eigenvalue weighted by atomic mass is 15.4. The first-order chi connectivity index (χ1) is 10.3. The lowest BCUT2D eigenvalue weighted by Gasteiger charge is -2.30. The van der Waals surface area contributed by atoms with Crippen molar-refractivity contribution in [3.63, 3.8) is 0 Å². The minimum absolute atomic E-state index is 0.499. The SMILES string of the molecule is C[C@H]1CN(c2n[nH]c(C3CC3c3ccccc3)n2)CCN1. The monoisotopic (exact) mass is 283 g/mol. The first kappa shape index (κ1) is 12.8. The van der Waals surface area contributed by atoms with E-state index in [1.54, 1.807) is 0 Å². The number of rotatable bonds is 3. The van der Waals surface area contributed by atoms with Crippen LogP contribution in [0.4, 0.5) is 5.95 Å². The van der Waals surface area contributed by atoms with Gasteiger partial charge in [-0.3, -0.25) is 5.10 Å². The maximum atomic E-state index is 4.74. The van der Waals surface area contributed by atoms with E-state index in [-0.39, 0.29) is 0 Å². The second kappa shape index (κ2) is 5.15. The van der Waals surface area contributed by atoms with Crippen molar-refractivity contribution in [1.29, 1.82) is 0 Å². The molecule has 1 saturated carbocycles. The fraction of sp³-hybridized carbons (Fsp3) is 0.500. The van der Waals surface area contributed by atoms with Crippen LogP contribution in [0, 0.1) is 0 Å². The fourth-order valence-corrected chi connectivity index (χ4v) is 3.25. The minimum atomic E-state index is 0.499. The number of nitrogens with zero attached hydrogens (tertiary/aromatic N) is 3. The lowest BCUT2D eigenvalue weighted by atomic mass is 10.1. The van der Waals surface area contributed by atoms with Crippen molar-refractivity contribution in [1.82, 2.24) is 20.5 Å². The van der Waals surface area contributed by atoms with E-state index in [0.717, 1.165) is 31.4 Å². The van der Waals surface area contributed by atoms with Gasteiger partial charge in [0.1, 0.15) is 5.82 Å². The Labute approximate surface area is 124 Å². The lowest BCUT2D eigenvalue weighted by molar-refractivity contribution is 0.479. The number of H-pyrrole nitrogens is 1. The molecule has 0 bridgehead atoms. The Bertz CT molecular complexity index is 608. The van der Waals surface area contributed by atoms with E-state index >= 15 is 0 Å². The molecule has 2 unspecified atom stereocenters. The zero-order valence-corrected chi connectivity index (χ0v) is 12.3. The smallest absolute Gasteiger partial charge is 0.244 e. The molecular weight excluding hydrogens is 262 g/mol. The molecule has 5 nitrogen and oxygen atoms in total. The first-order valence-electron chi connectivity index (χ1n) is 7.77. The molecule has 2 N–H and O–H groups in total. The third kappa shape index (κ3) is 2.53. The average molecular weight is 283 g/mol. The van der Waals surface area contributed by atoms with Gasteiger partial charge in [-0.1, -0.05) is 30.3 Å². The molecule has 2 aromatic rings. The van der Waals surface area contributed by atoms with Gasteiger partial charge in [-0.15, -0.1) is 5.10 Å². The molecule has 5 heteroatoms. The molecule has 2 fully saturated rings. The van der Waals surface area contributed by atoms with Crippen LogP contribution >= 0.6 is 0 Å².